The smallest absolute Gasteiger partial charge is 0.258 e. The Balaban J connectivity index is 1.60. The van der Waals surface area contributed by atoms with Gasteiger partial charge in [-0.3, -0.25) is 10.1 Å². The van der Waals surface area contributed by atoms with Gasteiger partial charge in [-0.15, -0.1) is 0 Å². The summed E-state index contributed by atoms with van der Waals surface area (Å²) in [6.07, 6.45) is 0.908. The molecule has 0 unspecified atom stereocenters. The average Bonchev–Trinajstić information content (AvgIpc) is 3.20. The lowest BCUT2D eigenvalue weighted by Crippen LogP contribution is -1.93. The van der Waals surface area contributed by atoms with Crippen molar-refractivity contribution in [3.63, 3.8) is 0 Å². The van der Waals surface area contributed by atoms with Crippen LogP contribution in [-0.4, -0.2) is 9.91 Å². The van der Waals surface area contributed by atoms with Gasteiger partial charge in [-0.05, 0) is 70.1 Å². The van der Waals surface area contributed by atoms with E-state index in [2.05, 4.69) is 54.6 Å². The van der Waals surface area contributed by atoms with Crippen LogP contribution < -0.4 is 0 Å². The molecule has 0 radical (unpaired) electrons. The van der Waals surface area contributed by atoms with Crippen molar-refractivity contribution < 1.29 is 4.92 Å². The summed E-state index contributed by atoms with van der Waals surface area (Å²) in [6.45, 7) is 0. The number of hydrogen-bond acceptors (Lipinski definition) is 3. The predicted octanol–water partition coefficient (Wildman–Crippen LogP) is 7.05. The minimum atomic E-state index is -0.381. The highest BCUT2D eigenvalue weighted by Gasteiger charge is 2.20. The largest absolute Gasteiger partial charge is 0.269 e. The molecule has 1 aliphatic rings. The van der Waals surface area contributed by atoms with E-state index in [4.69, 9.17) is 4.98 Å². The van der Waals surface area contributed by atoms with Crippen LogP contribution in [0.25, 0.3) is 44.4 Å². The highest BCUT2D eigenvalue weighted by atomic mass is 16.6. The summed E-state index contributed by atoms with van der Waals surface area (Å²) in [7, 11) is 0. The van der Waals surface area contributed by atoms with E-state index in [1.54, 1.807) is 12.1 Å². The Morgan fingerprint density at radius 2 is 1.44 bits per heavy atom. The maximum Gasteiger partial charge on any atom is 0.269 e. The maximum atomic E-state index is 11.1. The number of nitro groups is 1. The molecule has 152 valence electrons. The third kappa shape index (κ3) is 2.96. The van der Waals surface area contributed by atoms with Gasteiger partial charge in [-0.2, -0.15) is 0 Å². The summed E-state index contributed by atoms with van der Waals surface area (Å²) in [6, 6.07) is 32.0. The topological polar surface area (TPSA) is 56.0 Å². The highest BCUT2D eigenvalue weighted by molar-refractivity contribution is 6.00. The number of aromatic nitrogens is 1. The predicted molar refractivity (Wildman–Crippen MR) is 128 cm³/mol. The van der Waals surface area contributed by atoms with Crippen LogP contribution in [0.1, 0.15) is 11.1 Å². The fourth-order valence-corrected chi connectivity index (χ4v) is 4.61. The molecule has 5 aromatic rings. The molecule has 1 aliphatic carbocycles. The second-order valence-electron chi connectivity index (χ2n) is 8.09. The minimum absolute atomic E-state index is 0.0772. The van der Waals surface area contributed by atoms with Gasteiger partial charge in [0.05, 0.1) is 16.1 Å². The lowest BCUT2D eigenvalue weighted by atomic mass is 9.95. The fraction of sp³-hybridized carbons (Fsp3) is 0.0357. The van der Waals surface area contributed by atoms with Crippen LogP contribution in [0.15, 0.2) is 97.1 Å². The fourth-order valence-electron chi connectivity index (χ4n) is 4.61. The van der Waals surface area contributed by atoms with Crippen molar-refractivity contribution in [3.05, 3.63) is 118 Å². The number of non-ortho nitro benzene ring substituents is 1. The monoisotopic (exact) mass is 414 g/mol. The zero-order valence-electron chi connectivity index (χ0n) is 17.2. The summed E-state index contributed by atoms with van der Waals surface area (Å²) in [5, 5.41) is 12.2. The average molecular weight is 414 g/mol. The summed E-state index contributed by atoms with van der Waals surface area (Å²) in [5.41, 5.74) is 10.1. The number of nitrogens with zero attached hydrogens (tertiary/aromatic N) is 2. The normalized spacial score (nSPS) is 11.9. The van der Waals surface area contributed by atoms with E-state index >= 15 is 0 Å². The summed E-state index contributed by atoms with van der Waals surface area (Å²) >= 11 is 0. The van der Waals surface area contributed by atoms with Crippen molar-refractivity contribution in [2.45, 2.75) is 6.42 Å². The van der Waals surface area contributed by atoms with Gasteiger partial charge in [0.2, 0.25) is 0 Å². The molecule has 0 spiro atoms. The number of pyridine rings is 1. The Morgan fingerprint density at radius 1 is 0.688 bits per heavy atom. The molecular formula is C28H18N2O2. The lowest BCUT2D eigenvalue weighted by Gasteiger charge is -2.13. The van der Waals surface area contributed by atoms with Crippen molar-refractivity contribution in [1.82, 2.24) is 4.98 Å². The van der Waals surface area contributed by atoms with Crippen LogP contribution in [0.5, 0.6) is 0 Å². The van der Waals surface area contributed by atoms with E-state index in [1.165, 1.54) is 34.4 Å². The number of fused-ring (bicyclic) bond motifs is 4. The van der Waals surface area contributed by atoms with Gasteiger partial charge in [0.1, 0.15) is 0 Å². The first kappa shape index (κ1) is 18.5. The van der Waals surface area contributed by atoms with E-state index in [0.29, 0.717) is 0 Å². The molecule has 1 aromatic heterocycles. The molecule has 0 saturated carbocycles. The Kier molecular flexibility index (Phi) is 4.12. The van der Waals surface area contributed by atoms with Crippen LogP contribution >= 0.6 is 0 Å². The Bertz CT molecular complexity index is 1510. The third-order valence-corrected chi connectivity index (χ3v) is 6.18. The Morgan fingerprint density at radius 3 is 2.22 bits per heavy atom. The van der Waals surface area contributed by atoms with E-state index in [9.17, 15) is 10.1 Å². The molecule has 0 bridgehead atoms. The molecule has 0 N–H and O–H groups in total. The van der Waals surface area contributed by atoms with E-state index in [-0.39, 0.29) is 10.6 Å². The van der Waals surface area contributed by atoms with Gasteiger partial charge in [-0.1, -0.05) is 54.6 Å². The maximum absolute atomic E-state index is 11.1. The molecule has 0 atom stereocenters. The number of hydrogen-bond donors (Lipinski definition) is 0. The quantitative estimate of drug-likeness (QED) is 0.230. The number of rotatable bonds is 3. The Labute approximate surface area is 185 Å². The molecule has 32 heavy (non-hydrogen) atoms. The molecule has 4 aromatic carbocycles. The SMILES string of the molecule is O=[N+]([O-])c1ccc(-c2cc(-c3ccccc3)c3cc4c(cc3n2)Cc2ccccc2-4)cc1. The van der Waals surface area contributed by atoms with Crippen LogP contribution in [0, 0.1) is 10.1 Å². The van der Waals surface area contributed by atoms with E-state index in [0.717, 1.165) is 39.7 Å². The number of nitro benzene ring substituents is 1. The van der Waals surface area contributed by atoms with Crippen molar-refractivity contribution >= 4 is 16.6 Å². The summed E-state index contributed by atoms with van der Waals surface area (Å²) in [5.74, 6) is 0. The minimum Gasteiger partial charge on any atom is -0.258 e. The zero-order valence-corrected chi connectivity index (χ0v) is 17.2. The molecule has 4 heteroatoms. The van der Waals surface area contributed by atoms with Gasteiger partial charge < -0.3 is 0 Å². The first-order chi connectivity index (χ1) is 15.7. The summed E-state index contributed by atoms with van der Waals surface area (Å²) < 4.78 is 0. The van der Waals surface area contributed by atoms with E-state index in [1.807, 2.05) is 18.2 Å². The van der Waals surface area contributed by atoms with E-state index < -0.39 is 0 Å². The van der Waals surface area contributed by atoms with Gasteiger partial charge in [-0.25, -0.2) is 4.98 Å². The van der Waals surface area contributed by atoms with Crippen molar-refractivity contribution in [2.24, 2.45) is 0 Å². The van der Waals surface area contributed by atoms with Gasteiger partial charge in [0, 0.05) is 23.1 Å². The van der Waals surface area contributed by atoms with Crippen LogP contribution in [-0.2, 0) is 6.42 Å². The molecule has 0 amide bonds. The molecule has 6 rings (SSSR count). The lowest BCUT2D eigenvalue weighted by molar-refractivity contribution is -0.384. The summed E-state index contributed by atoms with van der Waals surface area (Å²) in [4.78, 5) is 15.7. The number of benzene rings is 4. The van der Waals surface area contributed by atoms with Crippen LogP contribution in [0.3, 0.4) is 0 Å². The van der Waals surface area contributed by atoms with Crippen molar-refractivity contribution in [3.8, 4) is 33.5 Å². The first-order valence-corrected chi connectivity index (χ1v) is 10.5. The second kappa shape index (κ2) is 7.13. The van der Waals surface area contributed by atoms with Crippen molar-refractivity contribution in [1.29, 1.82) is 0 Å². The van der Waals surface area contributed by atoms with Crippen LogP contribution in [0.2, 0.25) is 0 Å². The van der Waals surface area contributed by atoms with Crippen LogP contribution in [0.4, 0.5) is 5.69 Å². The molecule has 0 fully saturated rings. The molecule has 4 nitrogen and oxygen atoms in total. The Hall–Kier alpha value is -4.31. The van der Waals surface area contributed by atoms with Gasteiger partial charge >= 0.3 is 0 Å². The molecule has 0 aliphatic heterocycles. The van der Waals surface area contributed by atoms with Gasteiger partial charge in [0.15, 0.2) is 0 Å². The third-order valence-electron chi connectivity index (χ3n) is 6.18. The highest BCUT2D eigenvalue weighted by Crippen LogP contribution is 2.41. The molecule has 0 saturated heterocycles. The zero-order chi connectivity index (χ0) is 21.7. The first-order valence-electron chi connectivity index (χ1n) is 10.5. The molecule has 1 heterocycles. The molecular weight excluding hydrogens is 396 g/mol. The van der Waals surface area contributed by atoms with Crippen molar-refractivity contribution in [2.75, 3.05) is 0 Å². The van der Waals surface area contributed by atoms with Gasteiger partial charge in [0.25, 0.3) is 5.69 Å². The standard InChI is InChI=1S/C28H18N2O2/c31-30(32)22-12-10-19(11-13-22)27-17-25(18-6-2-1-3-7-18)26-16-24-21(15-28(26)29-27)14-20-8-4-5-9-23(20)24/h1-13,15-17H,14H2. The second-order valence-corrected chi connectivity index (χ2v) is 8.09.